The summed E-state index contributed by atoms with van der Waals surface area (Å²) in [5.74, 6) is 2.87. The number of nitrogens with one attached hydrogen (secondary N) is 1. The van der Waals surface area contributed by atoms with Gasteiger partial charge in [-0.2, -0.15) is 0 Å². The van der Waals surface area contributed by atoms with Gasteiger partial charge in [0.25, 0.3) is 0 Å². The number of aromatic nitrogens is 2. The summed E-state index contributed by atoms with van der Waals surface area (Å²) in [5, 5.41) is 3.12. The quantitative estimate of drug-likeness (QED) is 0.272. The number of hydrogen-bond donors (Lipinski definition) is 1. The number of para-hydroxylation sites is 2. The number of carbonyl (C=O) groups excluding carboxylic acids is 1. The van der Waals surface area contributed by atoms with Crippen molar-refractivity contribution < 1.29 is 19.0 Å². The predicted molar refractivity (Wildman–Crippen MR) is 146 cm³/mol. The van der Waals surface area contributed by atoms with E-state index in [9.17, 15) is 4.79 Å². The van der Waals surface area contributed by atoms with Crippen LogP contribution in [0.4, 0.5) is 0 Å². The summed E-state index contributed by atoms with van der Waals surface area (Å²) in [5.41, 5.74) is 5.18. The molecular formula is C30H35N3O4. The number of rotatable bonds is 11. The van der Waals surface area contributed by atoms with Crippen LogP contribution in [0.15, 0.2) is 60.7 Å². The molecule has 7 heteroatoms. The number of imidazole rings is 1. The van der Waals surface area contributed by atoms with Gasteiger partial charge < -0.3 is 24.1 Å². The van der Waals surface area contributed by atoms with Crippen LogP contribution in [-0.4, -0.2) is 36.3 Å². The van der Waals surface area contributed by atoms with Gasteiger partial charge in [-0.3, -0.25) is 4.79 Å². The molecule has 1 N–H and O–H groups in total. The van der Waals surface area contributed by atoms with Crippen LogP contribution < -0.4 is 19.5 Å². The van der Waals surface area contributed by atoms with E-state index in [1.807, 2.05) is 43.3 Å². The molecule has 1 heterocycles. The zero-order valence-electron chi connectivity index (χ0n) is 22.2. The van der Waals surface area contributed by atoms with E-state index in [4.69, 9.17) is 19.2 Å². The second kappa shape index (κ2) is 11.8. The van der Waals surface area contributed by atoms with Crippen LogP contribution >= 0.6 is 0 Å². The van der Waals surface area contributed by atoms with E-state index in [1.54, 1.807) is 14.2 Å². The van der Waals surface area contributed by atoms with E-state index < -0.39 is 0 Å². The molecule has 0 bridgehead atoms. The van der Waals surface area contributed by atoms with Crippen LogP contribution in [0.5, 0.6) is 17.2 Å². The first-order chi connectivity index (χ1) is 17.9. The van der Waals surface area contributed by atoms with Crippen LogP contribution in [0.25, 0.3) is 11.0 Å². The molecule has 0 aliphatic heterocycles. The second-order valence-electron chi connectivity index (χ2n) is 9.29. The Hall–Kier alpha value is -4.00. The van der Waals surface area contributed by atoms with Gasteiger partial charge in [0.2, 0.25) is 5.91 Å². The normalized spacial score (nSPS) is 11.8. The molecule has 194 valence electrons. The predicted octanol–water partition coefficient (Wildman–Crippen LogP) is 5.56. The molecule has 37 heavy (non-hydrogen) atoms. The average Bonchev–Trinajstić information content (AvgIpc) is 3.24. The van der Waals surface area contributed by atoms with Gasteiger partial charge in [-0.25, -0.2) is 4.98 Å². The molecule has 0 radical (unpaired) electrons. The third-order valence-electron chi connectivity index (χ3n) is 6.25. The van der Waals surface area contributed by atoms with Crippen LogP contribution in [0, 0.1) is 13.8 Å². The maximum atomic E-state index is 12.9. The van der Waals surface area contributed by atoms with Crippen molar-refractivity contribution in [3.63, 3.8) is 0 Å². The van der Waals surface area contributed by atoms with Crippen molar-refractivity contribution in [2.75, 3.05) is 20.8 Å². The van der Waals surface area contributed by atoms with Crippen LogP contribution in [0.2, 0.25) is 0 Å². The van der Waals surface area contributed by atoms with Crippen molar-refractivity contribution in [2.45, 2.75) is 46.2 Å². The van der Waals surface area contributed by atoms with Gasteiger partial charge in [0.05, 0.1) is 44.3 Å². The summed E-state index contributed by atoms with van der Waals surface area (Å²) in [4.78, 5) is 17.8. The van der Waals surface area contributed by atoms with Crippen molar-refractivity contribution in [2.24, 2.45) is 0 Å². The first-order valence-corrected chi connectivity index (χ1v) is 12.5. The highest BCUT2D eigenvalue weighted by Gasteiger charge is 2.19. The number of nitrogens with zero attached hydrogens (tertiary/aromatic N) is 2. The van der Waals surface area contributed by atoms with E-state index in [1.165, 1.54) is 11.1 Å². The summed E-state index contributed by atoms with van der Waals surface area (Å²) < 4.78 is 18.9. The van der Waals surface area contributed by atoms with Gasteiger partial charge in [0, 0.05) is 6.54 Å². The van der Waals surface area contributed by atoms with E-state index in [2.05, 4.69) is 48.0 Å². The number of hydrogen-bond acceptors (Lipinski definition) is 5. The third kappa shape index (κ3) is 6.42. The number of aryl methyl sites for hydroxylation is 3. The summed E-state index contributed by atoms with van der Waals surface area (Å²) in [6.07, 6.45) is 1.04. The van der Waals surface area contributed by atoms with Gasteiger partial charge in [-0.05, 0) is 80.3 Å². The third-order valence-corrected chi connectivity index (χ3v) is 6.25. The number of ether oxygens (including phenoxy) is 3. The molecule has 0 aliphatic carbocycles. The fourth-order valence-corrected chi connectivity index (χ4v) is 4.62. The molecule has 1 amide bonds. The molecule has 0 spiro atoms. The molecule has 4 rings (SSSR count). The Kier molecular flexibility index (Phi) is 8.33. The summed E-state index contributed by atoms with van der Waals surface area (Å²) in [6.45, 7) is 7.44. The minimum atomic E-state index is -0.264. The maximum Gasteiger partial charge on any atom is 0.224 e. The fraction of sp³-hybridized carbons (Fsp3) is 0.333. The standard InChI is InChI=1S/C30H35N3O4/c1-20-15-21(2)17-24(16-20)37-14-8-13-33-26-10-7-6-9-25(26)32-30(33)22(3)31-29(34)19-23-11-12-27(35-4)28(18-23)36-5/h6-7,9-12,15-18,22H,8,13-14,19H2,1-5H3,(H,31,34). The molecule has 4 aromatic rings. The largest absolute Gasteiger partial charge is 0.494 e. The van der Waals surface area contributed by atoms with E-state index >= 15 is 0 Å². The van der Waals surface area contributed by atoms with Crippen LogP contribution in [0.1, 0.15) is 41.9 Å². The first kappa shape index (κ1) is 26.1. The van der Waals surface area contributed by atoms with Crippen LogP contribution in [-0.2, 0) is 17.8 Å². The highest BCUT2D eigenvalue weighted by Crippen LogP contribution is 2.28. The average molecular weight is 502 g/mol. The summed E-state index contributed by atoms with van der Waals surface area (Å²) in [6, 6.07) is 19.5. The van der Waals surface area contributed by atoms with Crippen molar-refractivity contribution >= 4 is 16.9 Å². The molecule has 0 aliphatic rings. The molecular weight excluding hydrogens is 466 g/mol. The first-order valence-electron chi connectivity index (χ1n) is 12.5. The Morgan fingerprint density at radius 1 is 0.973 bits per heavy atom. The lowest BCUT2D eigenvalue weighted by molar-refractivity contribution is -0.121. The minimum Gasteiger partial charge on any atom is -0.494 e. The molecule has 3 aromatic carbocycles. The molecule has 0 saturated heterocycles. The second-order valence-corrected chi connectivity index (χ2v) is 9.29. The number of carbonyl (C=O) groups is 1. The SMILES string of the molecule is COc1ccc(CC(=O)NC(C)c2nc3ccccc3n2CCCOc2cc(C)cc(C)c2)cc1OC. The molecule has 1 atom stereocenters. The van der Waals surface area contributed by atoms with Gasteiger partial charge in [0.1, 0.15) is 11.6 Å². The molecule has 7 nitrogen and oxygen atoms in total. The molecule has 1 aromatic heterocycles. The summed E-state index contributed by atoms with van der Waals surface area (Å²) in [7, 11) is 3.18. The Bertz CT molecular complexity index is 1360. The fourth-order valence-electron chi connectivity index (χ4n) is 4.62. The zero-order valence-corrected chi connectivity index (χ0v) is 22.2. The Labute approximate surface area is 218 Å². The van der Waals surface area contributed by atoms with Crippen molar-refractivity contribution in [3.8, 4) is 17.2 Å². The highest BCUT2D eigenvalue weighted by atomic mass is 16.5. The van der Waals surface area contributed by atoms with Crippen LogP contribution in [0.3, 0.4) is 0 Å². The van der Waals surface area contributed by atoms with Gasteiger partial charge in [-0.15, -0.1) is 0 Å². The maximum absolute atomic E-state index is 12.9. The lowest BCUT2D eigenvalue weighted by Gasteiger charge is -2.17. The minimum absolute atomic E-state index is 0.0866. The molecule has 0 fully saturated rings. The monoisotopic (exact) mass is 501 g/mol. The Balaban J connectivity index is 1.43. The summed E-state index contributed by atoms with van der Waals surface area (Å²) >= 11 is 0. The molecule has 0 saturated carbocycles. The number of amides is 1. The highest BCUT2D eigenvalue weighted by molar-refractivity contribution is 5.80. The van der Waals surface area contributed by atoms with Gasteiger partial charge in [-0.1, -0.05) is 24.3 Å². The Morgan fingerprint density at radius 3 is 2.43 bits per heavy atom. The smallest absolute Gasteiger partial charge is 0.224 e. The van der Waals surface area contributed by atoms with Crippen molar-refractivity contribution in [3.05, 3.63) is 83.2 Å². The van der Waals surface area contributed by atoms with Gasteiger partial charge in [0.15, 0.2) is 11.5 Å². The van der Waals surface area contributed by atoms with Crippen molar-refractivity contribution in [1.29, 1.82) is 0 Å². The molecule has 1 unspecified atom stereocenters. The topological polar surface area (TPSA) is 74.6 Å². The number of methoxy groups -OCH3 is 2. The Morgan fingerprint density at radius 2 is 1.70 bits per heavy atom. The van der Waals surface area contributed by atoms with Crippen molar-refractivity contribution in [1.82, 2.24) is 14.9 Å². The number of fused-ring (bicyclic) bond motifs is 1. The van der Waals surface area contributed by atoms with E-state index in [0.717, 1.165) is 41.1 Å². The van der Waals surface area contributed by atoms with E-state index in [0.29, 0.717) is 18.1 Å². The van der Waals surface area contributed by atoms with E-state index in [-0.39, 0.29) is 18.4 Å². The number of benzene rings is 3. The zero-order chi connectivity index (χ0) is 26.4. The lowest BCUT2D eigenvalue weighted by Crippen LogP contribution is -2.30. The lowest BCUT2D eigenvalue weighted by atomic mass is 10.1. The van der Waals surface area contributed by atoms with Gasteiger partial charge >= 0.3 is 0 Å².